The number of carbonyl (C=O) groups excluding carboxylic acids is 1. The average Bonchev–Trinajstić information content (AvgIpc) is 2.82. The number of carbonyl (C=O) groups is 1. The Kier molecular flexibility index (Phi) is 4.20. The highest BCUT2D eigenvalue weighted by atomic mass is 16.3. The molecule has 2 rings (SSSR count). The zero-order valence-electron chi connectivity index (χ0n) is 10.0. The largest absolute Gasteiger partial charge is 0.467 e. The van der Waals surface area contributed by atoms with E-state index in [0.717, 1.165) is 18.6 Å². The molecular weight excluding hydrogens is 216 g/mol. The van der Waals surface area contributed by atoms with E-state index < -0.39 is 0 Å². The van der Waals surface area contributed by atoms with Crippen LogP contribution in [0.2, 0.25) is 0 Å². The van der Waals surface area contributed by atoms with Crippen molar-refractivity contribution in [3.8, 4) is 0 Å². The molecule has 0 aliphatic heterocycles. The summed E-state index contributed by atoms with van der Waals surface area (Å²) in [6, 6.07) is 3.86. The second-order valence-corrected chi connectivity index (χ2v) is 4.77. The molecule has 2 unspecified atom stereocenters. The minimum atomic E-state index is 0.0729. The quantitative estimate of drug-likeness (QED) is 0.837. The van der Waals surface area contributed by atoms with Gasteiger partial charge < -0.3 is 15.5 Å². The maximum Gasteiger partial charge on any atom is 0.220 e. The van der Waals surface area contributed by atoms with Gasteiger partial charge in [0.25, 0.3) is 0 Å². The molecule has 17 heavy (non-hydrogen) atoms. The highest BCUT2D eigenvalue weighted by Gasteiger charge is 2.23. The molecule has 1 fully saturated rings. The molecule has 4 heteroatoms. The van der Waals surface area contributed by atoms with Gasteiger partial charge in [0.05, 0.1) is 12.8 Å². The van der Waals surface area contributed by atoms with Gasteiger partial charge in [-0.1, -0.05) is 12.8 Å². The van der Waals surface area contributed by atoms with Crippen LogP contribution in [0.4, 0.5) is 0 Å². The zero-order chi connectivity index (χ0) is 12.1. The Balaban J connectivity index is 1.73. The van der Waals surface area contributed by atoms with E-state index in [4.69, 9.17) is 10.2 Å². The van der Waals surface area contributed by atoms with E-state index in [9.17, 15) is 4.79 Å². The minimum absolute atomic E-state index is 0.0729. The minimum Gasteiger partial charge on any atom is -0.467 e. The Hall–Kier alpha value is -1.29. The van der Waals surface area contributed by atoms with Crippen molar-refractivity contribution >= 4 is 5.91 Å². The molecule has 1 aromatic heterocycles. The van der Waals surface area contributed by atoms with Gasteiger partial charge in [0.15, 0.2) is 0 Å². The van der Waals surface area contributed by atoms with Crippen LogP contribution in [0.5, 0.6) is 0 Å². The number of amides is 1. The van der Waals surface area contributed by atoms with Crippen molar-refractivity contribution in [2.24, 2.45) is 11.7 Å². The van der Waals surface area contributed by atoms with Gasteiger partial charge >= 0.3 is 0 Å². The second kappa shape index (κ2) is 5.87. The monoisotopic (exact) mass is 236 g/mol. The number of nitrogens with one attached hydrogen (secondary N) is 1. The lowest BCUT2D eigenvalue weighted by Gasteiger charge is -2.27. The summed E-state index contributed by atoms with van der Waals surface area (Å²) in [5.74, 6) is 1.20. The molecule has 0 bridgehead atoms. The summed E-state index contributed by atoms with van der Waals surface area (Å²) in [7, 11) is 0. The molecule has 1 aromatic rings. The third kappa shape index (κ3) is 3.60. The summed E-state index contributed by atoms with van der Waals surface area (Å²) in [6.07, 6.45) is 6.68. The fourth-order valence-electron chi connectivity index (χ4n) is 2.40. The van der Waals surface area contributed by atoms with Crippen LogP contribution in [0.15, 0.2) is 22.8 Å². The van der Waals surface area contributed by atoms with Gasteiger partial charge in [0.1, 0.15) is 5.76 Å². The van der Waals surface area contributed by atoms with Crippen molar-refractivity contribution in [1.82, 2.24) is 5.32 Å². The highest BCUT2D eigenvalue weighted by Crippen LogP contribution is 2.25. The molecule has 0 spiro atoms. The average molecular weight is 236 g/mol. The zero-order valence-corrected chi connectivity index (χ0v) is 10.0. The molecule has 1 amide bonds. The van der Waals surface area contributed by atoms with E-state index in [-0.39, 0.29) is 11.9 Å². The Bertz CT molecular complexity index is 348. The Labute approximate surface area is 102 Å². The summed E-state index contributed by atoms with van der Waals surface area (Å²) in [5, 5.41) is 2.86. The Morgan fingerprint density at radius 3 is 3.00 bits per heavy atom. The molecule has 0 radical (unpaired) electrons. The fourth-order valence-corrected chi connectivity index (χ4v) is 2.40. The molecule has 1 saturated carbocycles. The van der Waals surface area contributed by atoms with Gasteiger partial charge in [0.2, 0.25) is 5.91 Å². The molecule has 1 heterocycles. The normalized spacial score (nSPS) is 24.5. The third-order valence-corrected chi connectivity index (χ3v) is 3.46. The molecule has 94 valence electrons. The van der Waals surface area contributed by atoms with Crippen molar-refractivity contribution < 1.29 is 9.21 Å². The lowest BCUT2D eigenvalue weighted by molar-refractivity contribution is -0.122. The second-order valence-electron chi connectivity index (χ2n) is 4.77. The van der Waals surface area contributed by atoms with E-state index >= 15 is 0 Å². The van der Waals surface area contributed by atoms with E-state index in [1.807, 2.05) is 12.1 Å². The predicted molar refractivity (Wildman–Crippen MR) is 65.1 cm³/mol. The number of rotatable bonds is 4. The van der Waals surface area contributed by atoms with Crippen LogP contribution in [0, 0.1) is 5.92 Å². The molecule has 4 nitrogen and oxygen atoms in total. The first kappa shape index (κ1) is 12.2. The lowest BCUT2D eigenvalue weighted by Crippen LogP contribution is -2.36. The molecule has 2 atom stereocenters. The molecule has 3 N–H and O–H groups in total. The molecule has 1 aliphatic carbocycles. The molecular formula is C13H20N2O2. The van der Waals surface area contributed by atoms with Crippen molar-refractivity contribution in [2.45, 2.75) is 44.7 Å². The van der Waals surface area contributed by atoms with E-state index in [0.29, 0.717) is 18.9 Å². The SMILES string of the molecule is NC1CCCCC1CC(=O)NCc1ccco1. The van der Waals surface area contributed by atoms with Crippen LogP contribution >= 0.6 is 0 Å². The van der Waals surface area contributed by atoms with Crippen LogP contribution < -0.4 is 11.1 Å². The first-order chi connectivity index (χ1) is 8.25. The predicted octanol–water partition coefficient (Wildman–Crippen LogP) is 1.80. The number of hydrogen-bond donors (Lipinski definition) is 2. The van der Waals surface area contributed by atoms with E-state index in [1.165, 1.54) is 12.8 Å². The van der Waals surface area contributed by atoms with Gasteiger partial charge in [-0.3, -0.25) is 4.79 Å². The molecule has 0 saturated heterocycles. The topological polar surface area (TPSA) is 68.3 Å². The van der Waals surface area contributed by atoms with Gasteiger partial charge in [-0.05, 0) is 30.9 Å². The van der Waals surface area contributed by atoms with Gasteiger partial charge in [-0.15, -0.1) is 0 Å². The number of hydrogen-bond acceptors (Lipinski definition) is 3. The summed E-state index contributed by atoms with van der Waals surface area (Å²) < 4.78 is 5.16. The van der Waals surface area contributed by atoms with Crippen LogP contribution in [-0.4, -0.2) is 11.9 Å². The Morgan fingerprint density at radius 2 is 2.29 bits per heavy atom. The summed E-state index contributed by atoms with van der Waals surface area (Å²) in [6.45, 7) is 0.466. The van der Waals surface area contributed by atoms with E-state index in [2.05, 4.69) is 5.32 Å². The van der Waals surface area contributed by atoms with Gasteiger partial charge in [0, 0.05) is 12.5 Å². The third-order valence-electron chi connectivity index (χ3n) is 3.46. The maximum atomic E-state index is 11.7. The molecule has 0 aromatic carbocycles. The van der Waals surface area contributed by atoms with Crippen LogP contribution in [0.1, 0.15) is 37.9 Å². The van der Waals surface area contributed by atoms with Gasteiger partial charge in [-0.25, -0.2) is 0 Å². The first-order valence-electron chi connectivity index (χ1n) is 6.30. The Morgan fingerprint density at radius 1 is 1.47 bits per heavy atom. The first-order valence-corrected chi connectivity index (χ1v) is 6.30. The highest BCUT2D eigenvalue weighted by molar-refractivity contribution is 5.76. The summed E-state index contributed by atoms with van der Waals surface area (Å²) in [4.78, 5) is 11.7. The van der Waals surface area contributed by atoms with Crippen molar-refractivity contribution in [3.63, 3.8) is 0 Å². The summed E-state index contributed by atoms with van der Waals surface area (Å²) >= 11 is 0. The van der Waals surface area contributed by atoms with Crippen molar-refractivity contribution in [2.75, 3.05) is 0 Å². The number of furan rings is 1. The lowest BCUT2D eigenvalue weighted by atomic mass is 9.83. The van der Waals surface area contributed by atoms with Crippen molar-refractivity contribution in [3.05, 3.63) is 24.2 Å². The van der Waals surface area contributed by atoms with Crippen LogP contribution in [0.3, 0.4) is 0 Å². The van der Waals surface area contributed by atoms with Gasteiger partial charge in [-0.2, -0.15) is 0 Å². The smallest absolute Gasteiger partial charge is 0.220 e. The standard InChI is InChI=1S/C13H20N2O2/c14-12-6-2-1-4-10(12)8-13(16)15-9-11-5-3-7-17-11/h3,5,7,10,12H,1-2,4,6,8-9,14H2,(H,15,16). The van der Waals surface area contributed by atoms with Crippen molar-refractivity contribution in [1.29, 1.82) is 0 Å². The summed E-state index contributed by atoms with van der Waals surface area (Å²) in [5.41, 5.74) is 6.02. The number of nitrogens with two attached hydrogens (primary N) is 1. The fraction of sp³-hybridized carbons (Fsp3) is 0.615. The molecule has 1 aliphatic rings. The van der Waals surface area contributed by atoms with Crippen LogP contribution in [0.25, 0.3) is 0 Å². The van der Waals surface area contributed by atoms with Crippen LogP contribution in [-0.2, 0) is 11.3 Å². The van der Waals surface area contributed by atoms with E-state index in [1.54, 1.807) is 6.26 Å². The maximum absolute atomic E-state index is 11.7.